The van der Waals surface area contributed by atoms with E-state index in [0.717, 1.165) is 0 Å². The van der Waals surface area contributed by atoms with E-state index in [2.05, 4.69) is 20.0 Å². The van der Waals surface area contributed by atoms with Gasteiger partial charge in [-0.1, -0.05) is 41.4 Å². The molecule has 38 heavy (non-hydrogen) atoms. The number of nitrogens with zero attached hydrogens (tertiary/aromatic N) is 4. The number of nitrogen functional groups attached to an aromatic ring is 1. The SMILES string of the molecule is CC(C)OC(=O)C(C)NP(=O)(OC[C@H]1O[C@@H](n2cnc3c(N)ncnc32)C(Cl)(Cl)[C@@H]1O)Oc1ccccc1. The zero-order valence-corrected chi connectivity index (χ0v) is 23.0. The third kappa shape index (κ3) is 6.04. The number of ether oxygens (including phenoxy) is 2. The normalized spacial score (nSPS) is 23.3. The number of nitrogens with two attached hydrogens (primary N) is 1. The van der Waals surface area contributed by atoms with Crippen molar-refractivity contribution >= 4 is 53.9 Å². The van der Waals surface area contributed by atoms with Gasteiger partial charge in [0.05, 0.1) is 19.0 Å². The van der Waals surface area contributed by atoms with Crippen LogP contribution in [0, 0.1) is 0 Å². The molecule has 206 valence electrons. The summed E-state index contributed by atoms with van der Waals surface area (Å²) in [6.07, 6.45) is -1.64. The quantitative estimate of drug-likeness (QED) is 0.180. The first-order valence-corrected chi connectivity index (χ1v) is 13.8. The molecule has 1 aliphatic heterocycles. The van der Waals surface area contributed by atoms with Crippen LogP contribution in [0.5, 0.6) is 5.75 Å². The average Bonchev–Trinajstić information content (AvgIpc) is 3.37. The highest BCUT2D eigenvalue weighted by Crippen LogP contribution is 2.50. The van der Waals surface area contributed by atoms with Crippen molar-refractivity contribution in [3.8, 4) is 5.75 Å². The molecule has 0 spiro atoms. The summed E-state index contributed by atoms with van der Waals surface area (Å²) in [5.74, 6) is -0.312. The zero-order chi connectivity index (χ0) is 27.7. The van der Waals surface area contributed by atoms with E-state index in [1.54, 1.807) is 44.2 Å². The van der Waals surface area contributed by atoms with Gasteiger partial charge in [-0.3, -0.25) is 13.9 Å². The molecule has 0 bridgehead atoms. The number of imidazole rings is 1. The van der Waals surface area contributed by atoms with Crippen molar-refractivity contribution in [3.05, 3.63) is 43.0 Å². The van der Waals surface area contributed by atoms with E-state index < -0.39 is 49.1 Å². The van der Waals surface area contributed by atoms with E-state index in [1.165, 1.54) is 24.1 Å². The van der Waals surface area contributed by atoms with Gasteiger partial charge in [0.15, 0.2) is 22.0 Å². The minimum atomic E-state index is -4.23. The zero-order valence-electron chi connectivity index (χ0n) is 20.6. The number of esters is 1. The number of nitrogens with one attached hydrogen (secondary N) is 1. The van der Waals surface area contributed by atoms with Crippen LogP contribution in [-0.4, -0.2) is 65.9 Å². The average molecular weight is 589 g/mol. The molecule has 2 aromatic heterocycles. The molecule has 0 amide bonds. The largest absolute Gasteiger partial charge is 0.462 e. The number of fused-ring (bicyclic) bond motifs is 1. The second-order valence-electron chi connectivity index (χ2n) is 8.76. The summed E-state index contributed by atoms with van der Waals surface area (Å²) in [5.41, 5.74) is 6.42. The monoisotopic (exact) mass is 588 g/mol. The first-order valence-electron chi connectivity index (χ1n) is 11.5. The van der Waals surface area contributed by atoms with Gasteiger partial charge in [-0.2, -0.15) is 5.09 Å². The number of hydrogen-bond acceptors (Lipinski definition) is 11. The maximum absolute atomic E-state index is 13.7. The van der Waals surface area contributed by atoms with Gasteiger partial charge in [-0.25, -0.2) is 19.5 Å². The van der Waals surface area contributed by atoms with E-state index >= 15 is 0 Å². The van der Waals surface area contributed by atoms with Crippen molar-refractivity contribution in [1.82, 2.24) is 24.6 Å². The maximum Gasteiger partial charge on any atom is 0.459 e. The molecule has 4 rings (SSSR count). The molecule has 0 saturated carbocycles. The lowest BCUT2D eigenvalue weighted by Gasteiger charge is -2.25. The fraction of sp³-hybridized carbons (Fsp3) is 0.455. The van der Waals surface area contributed by atoms with Crippen molar-refractivity contribution in [2.45, 2.75) is 55.7 Å². The van der Waals surface area contributed by atoms with Crippen LogP contribution in [0.15, 0.2) is 43.0 Å². The molecule has 1 aromatic carbocycles. The first-order chi connectivity index (χ1) is 17.9. The Hall–Kier alpha value is -2.51. The number of anilines is 1. The molecule has 16 heteroatoms. The molecule has 4 N–H and O–H groups in total. The summed E-state index contributed by atoms with van der Waals surface area (Å²) in [7, 11) is -4.23. The van der Waals surface area contributed by atoms with Crippen molar-refractivity contribution in [2.24, 2.45) is 0 Å². The third-order valence-corrected chi connectivity index (χ3v) is 7.92. The maximum atomic E-state index is 13.7. The molecule has 13 nitrogen and oxygen atoms in total. The van der Waals surface area contributed by atoms with E-state index in [1.807, 2.05) is 0 Å². The molecule has 2 unspecified atom stereocenters. The van der Waals surface area contributed by atoms with Crippen LogP contribution in [0.3, 0.4) is 0 Å². The number of benzene rings is 1. The van der Waals surface area contributed by atoms with Crippen molar-refractivity contribution in [3.63, 3.8) is 0 Å². The van der Waals surface area contributed by atoms with Crippen LogP contribution in [0.25, 0.3) is 11.2 Å². The summed E-state index contributed by atoms with van der Waals surface area (Å²) < 4.78 is 35.6. The summed E-state index contributed by atoms with van der Waals surface area (Å²) in [5, 5.41) is 13.4. The van der Waals surface area contributed by atoms with Crippen LogP contribution >= 0.6 is 30.9 Å². The summed E-state index contributed by atoms with van der Waals surface area (Å²) in [6.45, 7) is 4.34. The third-order valence-electron chi connectivity index (χ3n) is 5.45. The number of aliphatic hydroxyl groups is 1. The number of halogens is 2. The van der Waals surface area contributed by atoms with Gasteiger partial charge < -0.3 is 24.8 Å². The van der Waals surface area contributed by atoms with Crippen LogP contribution < -0.4 is 15.3 Å². The van der Waals surface area contributed by atoms with Crippen molar-refractivity contribution in [1.29, 1.82) is 0 Å². The van der Waals surface area contributed by atoms with Gasteiger partial charge in [0.2, 0.25) is 0 Å². The molecule has 1 aliphatic rings. The number of rotatable bonds is 10. The molecular weight excluding hydrogens is 562 g/mol. The summed E-state index contributed by atoms with van der Waals surface area (Å²) in [6, 6.07) is 7.16. The van der Waals surface area contributed by atoms with Crippen LogP contribution in [0.4, 0.5) is 5.82 Å². The fourth-order valence-electron chi connectivity index (χ4n) is 3.65. The van der Waals surface area contributed by atoms with Gasteiger partial charge in [0, 0.05) is 0 Å². The second-order valence-corrected chi connectivity index (χ2v) is 11.9. The van der Waals surface area contributed by atoms with Crippen molar-refractivity contribution in [2.75, 3.05) is 12.3 Å². The van der Waals surface area contributed by atoms with E-state index in [4.69, 9.17) is 47.5 Å². The highest BCUT2D eigenvalue weighted by atomic mass is 35.5. The molecule has 0 aliphatic carbocycles. The Labute approximate surface area is 228 Å². The van der Waals surface area contributed by atoms with E-state index in [-0.39, 0.29) is 23.3 Å². The lowest BCUT2D eigenvalue weighted by Crippen LogP contribution is -2.39. The van der Waals surface area contributed by atoms with Gasteiger partial charge in [0.25, 0.3) is 0 Å². The lowest BCUT2D eigenvalue weighted by atomic mass is 10.2. The molecule has 5 atom stereocenters. The molecule has 3 aromatic rings. The minimum Gasteiger partial charge on any atom is -0.462 e. The predicted octanol–water partition coefficient (Wildman–Crippen LogP) is 2.97. The smallest absolute Gasteiger partial charge is 0.459 e. The van der Waals surface area contributed by atoms with Gasteiger partial charge in [0.1, 0.15) is 35.8 Å². The molecule has 1 fully saturated rings. The Morgan fingerprint density at radius 2 is 1.97 bits per heavy atom. The van der Waals surface area contributed by atoms with E-state index in [0.29, 0.717) is 5.52 Å². The number of carbonyl (C=O) groups is 1. The molecular formula is C22H27Cl2N6O7P. The Bertz CT molecular complexity index is 1330. The number of aromatic nitrogens is 4. The topological polar surface area (TPSA) is 173 Å². The number of carbonyl (C=O) groups excluding carboxylic acids is 1. The van der Waals surface area contributed by atoms with Crippen LogP contribution in [0.1, 0.15) is 27.0 Å². The number of hydrogen-bond donors (Lipinski definition) is 3. The van der Waals surface area contributed by atoms with Crippen LogP contribution in [-0.2, 0) is 23.4 Å². The first kappa shape index (κ1) is 28.5. The Balaban J connectivity index is 1.54. The summed E-state index contributed by atoms with van der Waals surface area (Å²) >= 11 is 13.0. The highest BCUT2D eigenvalue weighted by Gasteiger charge is 2.56. The Kier molecular flexibility index (Phi) is 8.48. The second kappa shape index (κ2) is 11.3. The number of aliphatic hydroxyl groups excluding tert-OH is 1. The number of alkyl halides is 2. The Morgan fingerprint density at radius 1 is 1.26 bits per heavy atom. The van der Waals surface area contributed by atoms with Gasteiger partial charge in [-0.05, 0) is 32.9 Å². The van der Waals surface area contributed by atoms with Gasteiger partial charge >= 0.3 is 13.7 Å². The molecule has 0 radical (unpaired) electrons. The lowest BCUT2D eigenvalue weighted by molar-refractivity contribution is -0.149. The summed E-state index contributed by atoms with van der Waals surface area (Å²) in [4.78, 5) is 24.5. The van der Waals surface area contributed by atoms with Gasteiger partial charge in [-0.15, -0.1) is 0 Å². The molecule has 3 heterocycles. The molecule has 1 saturated heterocycles. The number of para-hydroxylation sites is 1. The standard InChI is InChI=1S/C22H27Cl2N6O7P/c1-12(2)35-20(32)13(3)29-38(33,37-14-7-5-4-6-8-14)34-9-15-17(31)22(23,24)21(36-15)30-11-28-16-18(25)26-10-27-19(16)30/h4-8,10-13,15,17,21,31H,9H2,1-3H3,(H,29,33)(H2,25,26,27)/t13?,15-,17-,21-,38?/m1/s1. The predicted molar refractivity (Wildman–Crippen MR) is 139 cm³/mol. The van der Waals surface area contributed by atoms with E-state index in [9.17, 15) is 14.5 Å². The van der Waals surface area contributed by atoms with Crippen LogP contribution in [0.2, 0.25) is 0 Å². The minimum absolute atomic E-state index is 0.136. The van der Waals surface area contributed by atoms with Crippen molar-refractivity contribution < 1.29 is 33.0 Å². The fourth-order valence-corrected chi connectivity index (χ4v) is 5.75. The Morgan fingerprint density at radius 3 is 2.66 bits per heavy atom. The highest BCUT2D eigenvalue weighted by molar-refractivity contribution is 7.52.